The molecule has 9 heteroatoms. The number of esters is 2. The molecule has 1 aliphatic rings. The summed E-state index contributed by atoms with van der Waals surface area (Å²) in [6.07, 6.45) is 6.38. The minimum absolute atomic E-state index is 0.0550. The number of primary amides is 1. The highest BCUT2D eigenvalue weighted by atomic mass is 16.6. The number of pyridine rings is 1. The van der Waals surface area contributed by atoms with Crippen LogP contribution in [0, 0.1) is 0 Å². The minimum atomic E-state index is -1.08. The molecule has 9 nitrogen and oxygen atoms in total. The average molecular weight is 611 g/mol. The van der Waals surface area contributed by atoms with Gasteiger partial charge in [-0.25, -0.2) is 4.79 Å². The van der Waals surface area contributed by atoms with Crippen molar-refractivity contribution in [2.24, 2.45) is 5.73 Å². The Balaban J connectivity index is 1.39. The second-order valence-corrected chi connectivity index (χ2v) is 11.5. The van der Waals surface area contributed by atoms with Crippen LogP contribution in [0.5, 0.6) is 5.75 Å². The lowest BCUT2D eigenvalue weighted by atomic mass is 9.94. The predicted molar refractivity (Wildman–Crippen MR) is 169 cm³/mol. The van der Waals surface area contributed by atoms with Gasteiger partial charge in [0, 0.05) is 18.3 Å². The molecule has 4 aromatic rings. The summed E-state index contributed by atoms with van der Waals surface area (Å²) in [5.41, 5.74) is 10.2. The average Bonchev–Trinajstić information content (AvgIpc) is 3.61. The van der Waals surface area contributed by atoms with Crippen molar-refractivity contribution >= 4 is 29.1 Å². The quantitative estimate of drug-likeness (QED) is 0.118. The van der Waals surface area contributed by atoms with Crippen molar-refractivity contribution in [3.8, 4) is 16.9 Å². The van der Waals surface area contributed by atoms with E-state index in [0.717, 1.165) is 48.1 Å². The first-order valence-electron chi connectivity index (χ1n) is 15.3. The summed E-state index contributed by atoms with van der Waals surface area (Å²) in [6.45, 7) is 3.24. The summed E-state index contributed by atoms with van der Waals surface area (Å²) in [6, 6.07) is 21.4. The van der Waals surface area contributed by atoms with Gasteiger partial charge in [-0.3, -0.25) is 14.4 Å². The maximum absolute atomic E-state index is 13.3. The summed E-state index contributed by atoms with van der Waals surface area (Å²) in [5.74, 6) is -2.78. The maximum Gasteiger partial charge on any atom is 0.344 e. The van der Waals surface area contributed by atoms with Crippen molar-refractivity contribution in [1.29, 1.82) is 0 Å². The molecule has 45 heavy (non-hydrogen) atoms. The lowest BCUT2D eigenvalue weighted by Gasteiger charge is -2.23. The topological polar surface area (TPSA) is 126 Å². The van der Waals surface area contributed by atoms with Gasteiger partial charge >= 0.3 is 11.9 Å². The maximum atomic E-state index is 13.3. The number of aromatic nitrogens is 1. The monoisotopic (exact) mass is 610 g/mol. The van der Waals surface area contributed by atoms with Crippen molar-refractivity contribution in [3.63, 3.8) is 0 Å². The zero-order valence-electron chi connectivity index (χ0n) is 25.7. The van der Waals surface area contributed by atoms with Gasteiger partial charge in [-0.05, 0) is 73.4 Å². The van der Waals surface area contributed by atoms with Crippen LogP contribution in [-0.2, 0) is 36.7 Å². The van der Waals surface area contributed by atoms with Crippen LogP contribution >= 0.6 is 0 Å². The van der Waals surface area contributed by atoms with Gasteiger partial charge in [0.2, 0.25) is 0 Å². The molecule has 5 rings (SSSR count). The van der Waals surface area contributed by atoms with Crippen LogP contribution < -0.4 is 10.5 Å². The zero-order valence-corrected chi connectivity index (χ0v) is 25.7. The van der Waals surface area contributed by atoms with E-state index in [1.54, 1.807) is 18.3 Å². The fourth-order valence-corrected chi connectivity index (χ4v) is 6.18. The SMILES string of the molecule is CCc1c(C(=O)C(N)=O)c2c(OCC(=O)OCCC(=O)OC3(C)CCCC3)cccn2c1Cc1ccccc1-c1ccccc1. The third-order valence-electron chi connectivity index (χ3n) is 8.34. The van der Waals surface area contributed by atoms with Crippen molar-refractivity contribution in [2.45, 2.75) is 64.4 Å². The lowest BCUT2D eigenvalue weighted by molar-refractivity contribution is -0.160. The molecular weight excluding hydrogens is 572 g/mol. The Kier molecular flexibility index (Phi) is 9.66. The lowest BCUT2D eigenvalue weighted by Crippen LogP contribution is -2.28. The molecule has 1 aliphatic carbocycles. The Morgan fingerprint density at radius 2 is 1.62 bits per heavy atom. The highest BCUT2D eigenvalue weighted by molar-refractivity contribution is 6.44. The zero-order chi connectivity index (χ0) is 32.0. The largest absolute Gasteiger partial charge is 0.480 e. The molecule has 0 spiro atoms. The Morgan fingerprint density at radius 1 is 0.911 bits per heavy atom. The first-order chi connectivity index (χ1) is 21.7. The Labute approximate surface area is 262 Å². The van der Waals surface area contributed by atoms with E-state index in [1.807, 2.05) is 66.8 Å². The molecular formula is C36H38N2O7. The molecule has 2 aromatic carbocycles. The second-order valence-electron chi connectivity index (χ2n) is 11.5. The third-order valence-corrected chi connectivity index (χ3v) is 8.34. The second kappa shape index (κ2) is 13.8. The van der Waals surface area contributed by atoms with Crippen LogP contribution in [0.2, 0.25) is 0 Å². The number of carbonyl (C=O) groups is 4. The molecule has 2 N–H and O–H groups in total. The smallest absolute Gasteiger partial charge is 0.344 e. The molecule has 0 unspecified atom stereocenters. The van der Waals surface area contributed by atoms with Gasteiger partial charge in [-0.2, -0.15) is 0 Å². The molecule has 0 saturated heterocycles. The van der Waals surface area contributed by atoms with Crippen LogP contribution in [-0.4, -0.2) is 46.8 Å². The summed E-state index contributed by atoms with van der Waals surface area (Å²) < 4.78 is 18.5. The van der Waals surface area contributed by atoms with Crippen LogP contribution in [0.4, 0.5) is 0 Å². The van der Waals surface area contributed by atoms with Crippen molar-refractivity contribution in [1.82, 2.24) is 4.40 Å². The molecule has 1 saturated carbocycles. The molecule has 1 fully saturated rings. The summed E-state index contributed by atoms with van der Waals surface area (Å²) >= 11 is 0. The third kappa shape index (κ3) is 7.09. The summed E-state index contributed by atoms with van der Waals surface area (Å²) in [5, 5.41) is 0. The van der Waals surface area contributed by atoms with Crippen LogP contribution in [0.15, 0.2) is 72.9 Å². The summed E-state index contributed by atoms with van der Waals surface area (Å²) in [4.78, 5) is 50.3. The number of hydrogen-bond acceptors (Lipinski definition) is 7. The number of nitrogens with two attached hydrogens (primary N) is 1. The van der Waals surface area contributed by atoms with Crippen LogP contribution in [0.1, 0.15) is 73.1 Å². The molecule has 0 atom stereocenters. The number of ether oxygens (including phenoxy) is 3. The van der Waals surface area contributed by atoms with E-state index in [1.165, 1.54) is 0 Å². The van der Waals surface area contributed by atoms with Gasteiger partial charge in [-0.15, -0.1) is 0 Å². The first kappa shape index (κ1) is 31.5. The Bertz CT molecular complexity index is 1720. The minimum Gasteiger partial charge on any atom is -0.480 e. The standard InChI is InChI=1S/C36H38N2O7/c1-3-26-28(22-25-14-7-8-15-27(25)24-12-5-4-6-13-24)38-20-11-16-29(33(38)32(26)34(41)35(37)42)44-23-31(40)43-21-17-30(39)45-36(2)18-9-10-19-36/h4-8,11-16,20H,3,9-10,17-19,21-23H2,1-2H3,(H2,37,42). The fourth-order valence-electron chi connectivity index (χ4n) is 6.18. The van der Waals surface area contributed by atoms with Gasteiger partial charge in [-0.1, -0.05) is 61.5 Å². The van der Waals surface area contributed by atoms with Gasteiger partial charge in [0.05, 0.1) is 17.5 Å². The van der Waals surface area contributed by atoms with E-state index in [9.17, 15) is 19.2 Å². The van der Waals surface area contributed by atoms with Crippen molar-refractivity contribution in [2.75, 3.05) is 13.2 Å². The van der Waals surface area contributed by atoms with E-state index in [4.69, 9.17) is 19.9 Å². The predicted octanol–water partition coefficient (Wildman–Crippen LogP) is 5.62. The number of carbonyl (C=O) groups excluding carboxylic acids is 4. The van der Waals surface area contributed by atoms with Gasteiger partial charge in [0.1, 0.15) is 18.0 Å². The number of fused-ring (bicyclic) bond motifs is 1. The van der Waals surface area contributed by atoms with E-state index in [2.05, 4.69) is 6.07 Å². The number of rotatable bonds is 13. The molecule has 1 amide bonds. The van der Waals surface area contributed by atoms with E-state index in [0.29, 0.717) is 23.9 Å². The van der Waals surface area contributed by atoms with Crippen molar-refractivity contribution < 1.29 is 33.4 Å². The van der Waals surface area contributed by atoms with E-state index in [-0.39, 0.29) is 24.3 Å². The Morgan fingerprint density at radius 3 is 2.33 bits per heavy atom. The molecule has 0 radical (unpaired) electrons. The molecule has 2 heterocycles. The number of ketones is 1. The summed E-state index contributed by atoms with van der Waals surface area (Å²) in [7, 11) is 0. The van der Waals surface area contributed by atoms with E-state index >= 15 is 0 Å². The molecule has 234 valence electrons. The number of Topliss-reactive ketones (excluding diaryl/α,β-unsaturated/α-hetero) is 1. The number of hydrogen-bond donors (Lipinski definition) is 1. The number of amides is 1. The van der Waals surface area contributed by atoms with E-state index < -0.39 is 35.8 Å². The molecule has 0 bridgehead atoms. The Hall–Kier alpha value is -4.92. The molecule has 2 aromatic heterocycles. The number of nitrogens with zero attached hydrogens (tertiary/aromatic N) is 1. The van der Waals surface area contributed by atoms with Gasteiger partial charge < -0.3 is 24.3 Å². The normalized spacial score (nSPS) is 13.8. The highest BCUT2D eigenvalue weighted by Gasteiger charge is 2.32. The number of benzene rings is 2. The van der Waals surface area contributed by atoms with Crippen LogP contribution in [0.25, 0.3) is 16.6 Å². The van der Waals surface area contributed by atoms with Crippen LogP contribution in [0.3, 0.4) is 0 Å². The van der Waals surface area contributed by atoms with Gasteiger partial charge in [0.25, 0.3) is 11.7 Å². The fraction of sp³-hybridized carbons (Fsp3) is 0.333. The highest BCUT2D eigenvalue weighted by Crippen LogP contribution is 2.35. The van der Waals surface area contributed by atoms with Gasteiger partial charge in [0.15, 0.2) is 6.61 Å². The molecule has 0 aliphatic heterocycles. The first-order valence-corrected chi connectivity index (χ1v) is 15.3. The van der Waals surface area contributed by atoms with Crippen molar-refractivity contribution in [3.05, 3.63) is 95.3 Å².